The Balaban J connectivity index is 2.05. The Kier molecular flexibility index (Phi) is 2.35. The van der Waals surface area contributed by atoms with Crippen LogP contribution in [-0.2, 0) is 4.79 Å². The molecule has 0 radical (unpaired) electrons. The van der Waals surface area contributed by atoms with Crippen LogP contribution in [0.5, 0.6) is 0 Å². The summed E-state index contributed by atoms with van der Waals surface area (Å²) in [5, 5.41) is 0. The van der Waals surface area contributed by atoms with E-state index in [9.17, 15) is 13.6 Å². The van der Waals surface area contributed by atoms with Gasteiger partial charge in [0.2, 0.25) is 0 Å². The Morgan fingerprint density at radius 2 is 2.10 bits per heavy atom. The number of halogens is 2. The van der Waals surface area contributed by atoms with Crippen LogP contribution in [0.1, 0.15) is 25.7 Å². The molecule has 0 amide bonds. The highest BCUT2D eigenvalue weighted by Gasteiger charge is 2.24. The lowest BCUT2D eigenvalue weighted by Gasteiger charge is -1.95. The average Bonchev–Trinajstić information content (AvgIpc) is 2.64. The highest BCUT2D eigenvalue weighted by molar-refractivity contribution is 5.81. The zero-order valence-corrected chi connectivity index (χ0v) is 5.65. The average molecular weight is 148 g/mol. The van der Waals surface area contributed by atoms with Gasteiger partial charge in [0.1, 0.15) is 0 Å². The van der Waals surface area contributed by atoms with E-state index in [1.54, 1.807) is 0 Å². The highest BCUT2D eigenvalue weighted by atomic mass is 19.3. The molecule has 1 aliphatic rings. The number of Topliss-reactive ketones (excluding diaryl/α,β-unsaturated/α-hetero) is 1. The zero-order valence-electron chi connectivity index (χ0n) is 5.65. The quantitative estimate of drug-likeness (QED) is 0.596. The van der Waals surface area contributed by atoms with Crippen molar-refractivity contribution in [2.24, 2.45) is 5.92 Å². The maximum absolute atomic E-state index is 11.5. The molecule has 10 heavy (non-hydrogen) atoms. The molecule has 1 fully saturated rings. The molecule has 0 bridgehead atoms. The van der Waals surface area contributed by atoms with Crippen LogP contribution in [0.25, 0.3) is 0 Å². The Morgan fingerprint density at radius 1 is 1.50 bits per heavy atom. The molecule has 1 rings (SSSR count). The molecule has 1 aliphatic carbocycles. The minimum atomic E-state index is -2.75. The molecule has 0 aliphatic heterocycles. The summed E-state index contributed by atoms with van der Waals surface area (Å²) in [6.45, 7) is 0. The van der Waals surface area contributed by atoms with Gasteiger partial charge < -0.3 is 0 Å². The number of carbonyl (C=O) groups is 1. The van der Waals surface area contributed by atoms with E-state index in [2.05, 4.69) is 0 Å². The van der Waals surface area contributed by atoms with Crippen LogP contribution in [0.4, 0.5) is 8.78 Å². The monoisotopic (exact) mass is 148 g/mol. The largest absolute Gasteiger partial charge is 0.295 e. The molecule has 1 nitrogen and oxygen atoms in total. The van der Waals surface area contributed by atoms with Crippen molar-refractivity contribution in [2.75, 3.05) is 0 Å². The molecule has 0 N–H and O–H groups in total. The molecule has 1 saturated carbocycles. The fraction of sp³-hybridized carbons (Fsp3) is 0.857. The van der Waals surface area contributed by atoms with Crippen LogP contribution in [0.3, 0.4) is 0 Å². The van der Waals surface area contributed by atoms with Gasteiger partial charge in [-0.2, -0.15) is 0 Å². The lowest BCUT2D eigenvalue weighted by molar-refractivity contribution is -0.129. The Hall–Kier alpha value is -0.470. The van der Waals surface area contributed by atoms with E-state index in [-0.39, 0.29) is 6.42 Å². The van der Waals surface area contributed by atoms with E-state index in [1.807, 2.05) is 0 Å². The normalized spacial score (nSPS) is 17.9. The van der Waals surface area contributed by atoms with Crippen LogP contribution < -0.4 is 0 Å². The van der Waals surface area contributed by atoms with Gasteiger partial charge in [0.15, 0.2) is 5.78 Å². The van der Waals surface area contributed by atoms with Crippen molar-refractivity contribution in [1.29, 1.82) is 0 Å². The number of hydrogen-bond donors (Lipinski definition) is 0. The first kappa shape index (κ1) is 7.63. The second-order valence-corrected chi connectivity index (χ2v) is 2.75. The maximum atomic E-state index is 11.5. The first-order valence-electron chi connectivity index (χ1n) is 3.51. The fourth-order valence-corrected chi connectivity index (χ4v) is 0.862. The van der Waals surface area contributed by atoms with Crippen LogP contribution in [0.2, 0.25) is 0 Å². The van der Waals surface area contributed by atoms with Gasteiger partial charge in [-0.3, -0.25) is 4.79 Å². The summed E-state index contributed by atoms with van der Waals surface area (Å²) in [6, 6.07) is 0. The fourth-order valence-electron chi connectivity index (χ4n) is 0.862. The predicted molar refractivity (Wildman–Crippen MR) is 33.0 cm³/mol. The van der Waals surface area contributed by atoms with E-state index in [0.29, 0.717) is 12.3 Å². The number of ketones is 1. The molecule has 0 aromatic rings. The SMILES string of the molecule is O=C(CCC1CC1)C(F)F. The number of carbonyl (C=O) groups excluding carboxylic acids is 1. The lowest BCUT2D eigenvalue weighted by Crippen LogP contribution is -2.09. The van der Waals surface area contributed by atoms with E-state index < -0.39 is 12.2 Å². The molecule has 0 spiro atoms. The molecule has 0 aromatic heterocycles. The van der Waals surface area contributed by atoms with E-state index >= 15 is 0 Å². The zero-order chi connectivity index (χ0) is 7.56. The summed E-state index contributed by atoms with van der Waals surface area (Å²) in [5.41, 5.74) is 0. The van der Waals surface area contributed by atoms with Gasteiger partial charge in [0, 0.05) is 6.42 Å². The van der Waals surface area contributed by atoms with Crippen molar-refractivity contribution in [3.05, 3.63) is 0 Å². The molecule has 0 atom stereocenters. The second kappa shape index (κ2) is 3.08. The van der Waals surface area contributed by atoms with E-state index in [4.69, 9.17) is 0 Å². The van der Waals surface area contributed by atoms with Crippen molar-refractivity contribution in [1.82, 2.24) is 0 Å². The summed E-state index contributed by atoms with van der Waals surface area (Å²) in [6.07, 6.45) is 0.234. The maximum Gasteiger partial charge on any atom is 0.295 e. The first-order valence-corrected chi connectivity index (χ1v) is 3.51. The molecule has 0 unspecified atom stereocenters. The summed E-state index contributed by atoms with van der Waals surface area (Å²) in [5.74, 6) is -0.324. The van der Waals surface area contributed by atoms with Crippen LogP contribution in [0.15, 0.2) is 0 Å². The molecule has 0 aromatic carbocycles. The van der Waals surface area contributed by atoms with E-state index in [0.717, 1.165) is 12.8 Å². The smallest absolute Gasteiger partial charge is 0.293 e. The molecule has 0 heterocycles. The number of rotatable bonds is 4. The van der Waals surface area contributed by atoms with Crippen LogP contribution in [-0.4, -0.2) is 12.2 Å². The number of alkyl halides is 2. The van der Waals surface area contributed by atoms with Crippen LogP contribution in [0, 0.1) is 5.92 Å². The third-order valence-electron chi connectivity index (χ3n) is 1.74. The minimum Gasteiger partial charge on any atom is -0.293 e. The van der Waals surface area contributed by atoms with Crippen molar-refractivity contribution in [2.45, 2.75) is 32.1 Å². The highest BCUT2D eigenvalue weighted by Crippen LogP contribution is 2.33. The Bertz CT molecular complexity index is 130. The second-order valence-electron chi connectivity index (χ2n) is 2.75. The topological polar surface area (TPSA) is 17.1 Å². The van der Waals surface area contributed by atoms with Crippen molar-refractivity contribution < 1.29 is 13.6 Å². The summed E-state index contributed by atoms with van der Waals surface area (Å²) >= 11 is 0. The molecular weight excluding hydrogens is 138 g/mol. The summed E-state index contributed by atoms with van der Waals surface area (Å²) < 4.78 is 23.1. The van der Waals surface area contributed by atoms with Gasteiger partial charge in [-0.05, 0) is 12.3 Å². The molecule has 58 valence electrons. The molecule has 0 saturated heterocycles. The Morgan fingerprint density at radius 3 is 2.50 bits per heavy atom. The molecule has 3 heteroatoms. The van der Waals surface area contributed by atoms with Gasteiger partial charge in [-0.25, -0.2) is 8.78 Å². The standard InChI is InChI=1S/C7H10F2O/c8-7(9)6(10)4-3-5-1-2-5/h5,7H,1-4H2. The summed E-state index contributed by atoms with van der Waals surface area (Å²) in [7, 11) is 0. The van der Waals surface area contributed by atoms with Crippen molar-refractivity contribution >= 4 is 5.78 Å². The number of hydrogen-bond acceptors (Lipinski definition) is 1. The van der Waals surface area contributed by atoms with Crippen LogP contribution >= 0.6 is 0 Å². The predicted octanol–water partition coefficient (Wildman–Crippen LogP) is 2.01. The Labute approximate surface area is 58.4 Å². The van der Waals surface area contributed by atoms with E-state index in [1.165, 1.54) is 0 Å². The van der Waals surface area contributed by atoms with Gasteiger partial charge in [0.05, 0.1) is 0 Å². The third kappa shape index (κ3) is 2.42. The summed E-state index contributed by atoms with van der Waals surface area (Å²) in [4.78, 5) is 10.3. The lowest BCUT2D eigenvalue weighted by atomic mass is 10.2. The first-order chi connectivity index (χ1) is 4.70. The van der Waals surface area contributed by atoms with Gasteiger partial charge >= 0.3 is 0 Å². The van der Waals surface area contributed by atoms with Gasteiger partial charge in [0.25, 0.3) is 6.43 Å². The van der Waals surface area contributed by atoms with Gasteiger partial charge in [-0.1, -0.05) is 12.8 Å². The third-order valence-corrected chi connectivity index (χ3v) is 1.74. The minimum absolute atomic E-state index is 0.0718. The van der Waals surface area contributed by atoms with Gasteiger partial charge in [-0.15, -0.1) is 0 Å². The van der Waals surface area contributed by atoms with Crippen molar-refractivity contribution in [3.8, 4) is 0 Å². The molecular formula is C7H10F2O. The van der Waals surface area contributed by atoms with Crippen molar-refractivity contribution in [3.63, 3.8) is 0 Å².